The van der Waals surface area contributed by atoms with Crippen molar-refractivity contribution in [2.24, 2.45) is 0 Å². The summed E-state index contributed by atoms with van der Waals surface area (Å²) in [5.41, 5.74) is 5.75. The van der Waals surface area contributed by atoms with Gasteiger partial charge < -0.3 is 4.74 Å². The van der Waals surface area contributed by atoms with E-state index in [9.17, 15) is 21.9 Å². The standard InChI is InChI=1S/C78H70N4OSi/c1-76(2,3)56-28-23-26-54(46-56)68-48-58(78(7,8)9)49-69(55-27-24-37-65(47-55)84(62-31-13-10-14-32-62,63-33-15-11-16-34-63)64-35-17-12-18-36-64)75(68)81-53-80(71-40-21-22-41-72(71)81)59-29-25-30-60(51-59)83-61-42-43-67-66-38-19-20-39-70(66)82(73(67)52-61)74-50-57(44-45-79-74)77(4,5)6/h10-52H,1-9H3/i10D,11D,12D,13D,14D,15D,16D,17D,18D,24D,27D,31D,32D,33D,34D,35D,36D,37D,47D. The Kier molecular flexibility index (Phi) is 9.12. The first-order chi connectivity index (χ1) is 48.4. The molecule has 3 aromatic heterocycles. The number of rotatable bonds is 11. The third-order valence-electron chi connectivity index (χ3n) is 15.5. The smallest absolute Gasteiger partial charge is 0.269 e. The van der Waals surface area contributed by atoms with Gasteiger partial charge in [-0.3, -0.25) is 13.7 Å². The number of imidazole rings is 1. The fourth-order valence-corrected chi connectivity index (χ4v) is 14.7. The molecule has 0 aliphatic carbocycles. The van der Waals surface area contributed by atoms with E-state index < -0.39 is 160 Å². The van der Waals surface area contributed by atoms with Gasteiger partial charge in [0.25, 0.3) is 6.33 Å². The number of pyridine rings is 1. The largest absolute Gasteiger partial charge is 0.458 e. The fourth-order valence-electron chi connectivity index (χ4n) is 11.1. The molecule has 0 atom stereocenters. The minimum absolute atomic E-state index is 0.0220. The van der Waals surface area contributed by atoms with Crippen molar-refractivity contribution in [3.8, 4) is 50.9 Å². The van der Waals surface area contributed by atoms with Gasteiger partial charge in [0, 0.05) is 23.0 Å². The number of para-hydroxylation sites is 3. The molecule has 3 heterocycles. The highest BCUT2D eigenvalue weighted by atomic mass is 28.3. The van der Waals surface area contributed by atoms with Crippen LogP contribution in [0.3, 0.4) is 0 Å². The highest BCUT2D eigenvalue weighted by Crippen LogP contribution is 2.41. The Morgan fingerprint density at radius 2 is 1.04 bits per heavy atom. The minimum Gasteiger partial charge on any atom is -0.458 e. The second-order valence-electron chi connectivity index (χ2n) is 24.0. The van der Waals surface area contributed by atoms with Gasteiger partial charge in [-0.05, 0) is 124 Å². The molecule has 6 heteroatoms. The van der Waals surface area contributed by atoms with Crippen molar-refractivity contribution < 1.29 is 35.3 Å². The van der Waals surface area contributed by atoms with Gasteiger partial charge in [-0.15, -0.1) is 0 Å². The third kappa shape index (κ3) is 9.74. The summed E-state index contributed by atoms with van der Waals surface area (Å²) in [5, 5.41) is -1.66. The lowest BCUT2D eigenvalue weighted by molar-refractivity contribution is -0.571. The number of aromatic nitrogens is 4. The van der Waals surface area contributed by atoms with Crippen LogP contribution in [0.4, 0.5) is 0 Å². The van der Waals surface area contributed by atoms with Crippen molar-refractivity contribution in [1.82, 2.24) is 14.1 Å². The summed E-state index contributed by atoms with van der Waals surface area (Å²) in [7, 11) is -6.26. The van der Waals surface area contributed by atoms with Crippen LogP contribution in [0.2, 0.25) is 0 Å². The SMILES string of the molecule is [2H]c1c([2H])c([2H])c([Si](c2c([2H])c([2H])c([2H])c([2H])c2[2H])(c2c([2H])c([2H])c([2H])c([2H])c2[2H])c2c([2H])c([2H])c([2H])c(-c3cc(C(C)(C)C)cc(-c4cccc(C(C)(C)C)c4)c3-[n+]3[c-]n(-c4cccc(Oc5ccc6c7ccccc7n(-c7cc(C(C)(C)C)ccn7)c6c5)c4)c4ccccc43)c2[2H])c([2H])c1[2H]. The van der Waals surface area contributed by atoms with E-state index in [1.54, 1.807) is 10.6 Å². The van der Waals surface area contributed by atoms with Crippen LogP contribution < -0.4 is 30.1 Å². The van der Waals surface area contributed by atoms with Crippen LogP contribution in [0.5, 0.6) is 11.5 Å². The maximum atomic E-state index is 11.1. The molecule has 412 valence electrons. The number of fused-ring (bicyclic) bond motifs is 4. The van der Waals surface area contributed by atoms with Crippen molar-refractivity contribution in [2.75, 3.05) is 0 Å². The normalized spacial score (nSPS) is 15.5. The summed E-state index contributed by atoms with van der Waals surface area (Å²) in [5.74, 6) is 1.73. The maximum absolute atomic E-state index is 11.1. The first-order valence-corrected chi connectivity index (χ1v) is 29.8. The van der Waals surface area contributed by atoms with Gasteiger partial charge in [0.05, 0.1) is 59.5 Å². The average Bonchev–Trinajstić information content (AvgIpc) is 1.32. The molecule has 0 spiro atoms. The minimum atomic E-state index is -6.26. The van der Waals surface area contributed by atoms with Gasteiger partial charge >= 0.3 is 0 Å². The molecule has 84 heavy (non-hydrogen) atoms. The lowest BCUT2D eigenvalue weighted by Gasteiger charge is -2.35. The van der Waals surface area contributed by atoms with Crippen molar-refractivity contribution >= 4 is 61.7 Å². The zero-order valence-electron chi connectivity index (χ0n) is 67.1. The molecule has 0 aliphatic heterocycles. The van der Waals surface area contributed by atoms with Crippen LogP contribution in [0.1, 0.15) is 105 Å². The van der Waals surface area contributed by atoms with Gasteiger partial charge in [0.2, 0.25) is 0 Å². The van der Waals surface area contributed by atoms with E-state index in [0.29, 0.717) is 44.9 Å². The summed E-state index contributed by atoms with van der Waals surface area (Å²) >= 11 is 0. The predicted molar refractivity (Wildman–Crippen MR) is 353 cm³/mol. The molecule has 0 radical (unpaired) electrons. The van der Waals surface area contributed by atoms with Crippen molar-refractivity contribution in [3.63, 3.8) is 0 Å². The van der Waals surface area contributed by atoms with Crippen LogP contribution >= 0.6 is 0 Å². The van der Waals surface area contributed by atoms with Crippen LogP contribution in [0.25, 0.3) is 72.3 Å². The molecule has 13 rings (SSSR count). The molecule has 0 fully saturated rings. The molecule has 5 nitrogen and oxygen atoms in total. The van der Waals surface area contributed by atoms with Crippen molar-refractivity contribution in [2.45, 2.75) is 78.6 Å². The van der Waals surface area contributed by atoms with Gasteiger partial charge in [-0.2, -0.15) is 0 Å². The third-order valence-corrected chi connectivity index (χ3v) is 19.5. The number of hydrogen-bond donors (Lipinski definition) is 0. The first-order valence-electron chi connectivity index (χ1n) is 37.3. The topological polar surface area (TPSA) is 35.9 Å². The summed E-state index contributed by atoms with van der Waals surface area (Å²) in [6.45, 7) is 18.5. The van der Waals surface area contributed by atoms with Crippen LogP contribution in [-0.4, -0.2) is 22.2 Å². The zero-order chi connectivity index (χ0) is 74.5. The van der Waals surface area contributed by atoms with Gasteiger partial charge in [-0.1, -0.05) is 262 Å². The molecular weight excluding hydrogens is 1040 g/mol. The van der Waals surface area contributed by atoms with E-state index in [2.05, 4.69) is 70.6 Å². The lowest BCUT2D eigenvalue weighted by atomic mass is 9.81. The second-order valence-corrected chi connectivity index (χ2v) is 27.5. The maximum Gasteiger partial charge on any atom is 0.269 e. The Bertz CT molecular complexity index is 5510. The summed E-state index contributed by atoms with van der Waals surface area (Å²) in [4.78, 5) is 4.87. The molecule has 0 N–H and O–H groups in total. The van der Waals surface area contributed by atoms with Crippen molar-refractivity contribution in [3.05, 3.63) is 284 Å². The summed E-state index contributed by atoms with van der Waals surface area (Å²) < 4.78 is 195. The van der Waals surface area contributed by atoms with E-state index in [1.165, 1.54) is 0 Å². The quantitative estimate of drug-likeness (QED) is 0.0560. The summed E-state index contributed by atoms with van der Waals surface area (Å²) in [6.07, 6.45) is 5.47. The lowest BCUT2D eigenvalue weighted by Crippen LogP contribution is -2.74. The van der Waals surface area contributed by atoms with Crippen LogP contribution in [-0.2, 0) is 16.2 Å². The monoisotopic (exact) mass is 1130 g/mol. The van der Waals surface area contributed by atoms with E-state index in [-0.39, 0.29) is 16.7 Å². The van der Waals surface area contributed by atoms with E-state index in [1.807, 2.05) is 147 Å². The Labute approximate surface area is 522 Å². The highest BCUT2D eigenvalue weighted by molar-refractivity contribution is 7.19. The van der Waals surface area contributed by atoms with Gasteiger partial charge in [0.15, 0.2) is 8.07 Å². The highest BCUT2D eigenvalue weighted by Gasteiger charge is 2.41. The number of benzene rings is 10. The molecule has 13 aromatic rings. The molecule has 0 unspecified atom stereocenters. The predicted octanol–water partition coefficient (Wildman–Crippen LogP) is 16.6. The Morgan fingerprint density at radius 1 is 0.464 bits per heavy atom. The van der Waals surface area contributed by atoms with Crippen LogP contribution in [0, 0.1) is 6.33 Å². The molecule has 0 amide bonds. The van der Waals surface area contributed by atoms with Crippen LogP contribution in [0.15, 0.2) is 261 Å². The van der Waals surface area contributed by atoms with E-state index in [0.717, 1.165) is 38.8 Å². The fraction of sp³-hybridized carbons (Fsp3) is 0.154. The Morgan fingerprint density at radius 3 is 1.70 bits per heavy atom. The zero-order valence-corrected chi connectivity index (χ0v) is 49.1. The van der Waals surface area contributed by atoms with E-state index in [4.69, 9.17) is 13.8 Å². The second kappa shape index (κ2) is 21.1. The summed E-state index contributed by atoms with van der Waals surface area (Å²) in [6, 6.07) is 25.1. The molecular formula is C78H70N4OSi. The molecule has 0 saturated heterocycles. The molecule has 10 aromatic carbocycles. The molecule has 0 bridgehead atoms. The molecule has 0 saturated carbocycles. The van der Waals surface area contributed by atoms with Gasteiger partial charge in [-0.25, -0.2) is 4.98 Å². The Balaban J connectivity index is 1.14. The molecule has 0 aliphatic rings. The number of ether oxygens (including phenoxy) is 1. The first kappa shape index (κ1) is 36.3. The van der Waals surface area contributed by atoms with Crippen molar-refractivity contribution in [1.29, 1.82) is 0 Å². The van der Waals surface area contributed by atoms with Gasteiger partial charge in [0.1, 0.15) is 17.3 Å². The number of nitrogens with zero attached hydrogens (tertiary/aromatic N) is 4. The Hall–Kier alpha value is -9.36. The number of hydrogen-bond acceptors (Lipinski definition) is 2. The average molecular weight is 1130 g/mol. The van der Waals surface area contributed by atoms with E-state index >= 15 is 0 Å².